The Morgan fingerprint density at radius 1 is 1.17 bits per heavy atom. The van der Waals surface area contributed by atoms with Gasteiger partial charge in [0.2, 0.25) is 23.1 Å². The number of rotatable bonds is 11. The number of alkyl halides is 1. The molecule has 41 heavy (non-hydrogen) atoms. The second-order valence-corrected chi connectivity index (χ2v) is 12.4. The second kappa shape index (κ2) is 12.6. The Kier molecular flexibility index (Phi) is 8.94. The highest BCUT2D eigenvalue weighted by atomic mass is 35.5. The lowest BCUT2D eigenvalue weighted by atomic mass is 9.96. The van der Waals surface area contributed by atoms with Crippen LogP contribution in [0.4, 0.5) is 5.13 Å². The SMILES string of the molecule is N[C@]1(NC=O)C(=O)N2C(C(=O)OC(c3ccccc3)c3ccccc3)=C(CSc3nnc(NC(=O)CCl)s3)CS[C@@H]21. The molecule has 0 saturated carbocycles. The van der Waals surface area contributed by atoms with Crippen LogP contribution in [0.3, 0.4) is 0 Å². The maximum absolute atomic E-state index is 13.9. The molecule has 15 heteroatoms. The van der Waals surface area contributed by atoms with Gasteiger partial charge in [0.15, 0.2) is 10.4 Å². The zero-order valence-corrected chi connectivity index (χ0v) is 24.4. The largest absolute Gasteiger partial charge is 0.448 e. The van der Waals surface area contributed by atoms with E-state index in [9.17, 15) is 19.2 Å². The molecule has 2 aliphatic rings. The standard InChI is InChI=1S/C26H23ClN6O5S3/c27-11-18(35)30-24-31-32-25(41-24)40-13-17-12-39-23-26(28,29-14-34)22(37)33(23)19(17)21(36)38-20(15-7-3-1-4-8-15)16-9-5-2-6-10-16/h1-10,14,20,23H,11-13,28H2,(H,29,34)(H,30,31,35)/t23-,26+/m1/s1. The number of amides is 3. The van der Waals surface area contributed by atoms with Crippen molar-refractivity contribution in [3.63, 3.8) is 0 Å². The van der Waals surface area contributed by atoms with Gasteiger partial charge in [-0.05, 0) is 16.7 Å². The number of fused-ring (bicyclic) bond motifs is 1. The Labute approximate surface area is 252 Å². The van der Waals surface area contributed by atoms with Crippen molar-refractivity contribution in [1.29, 1.82) is 0 Å². The maximum Gasteiger partial charge on any atom is 0.356 e. The fraction of sp³-hybridized carbons (Fsp3) is 0.231. The topological polar surface area (TPSA) is 157 Å². The molecule has 0 spiro atoms. The fourth-order valence-electron chi connectivity index (χ4n) is 4.34. The number of esters is 1. The summed E-state index contributed by atoms with van der Waals surface area (Å²) in [5, 5.41) is 12.6. The monoisotopic (exact) mass is 630 g/mol. The fourth-order valence-corrected chi connectivity index (χ4v) is 7.70. The molecule has 4 N–H and O–H groups in total. The molecule has 5 rings (SSSR count). The van der Waals surface area contributed by atoms with Gasteiger partial charge in [0, 0.05) is 11.5 Å². The molecule has 2 atom stereocenters. The molecule has 3 heterocycles. The quantitative estimate of drug-likeness (QED) is 0.0547. The van der Waals surface area contributed by atoms with Crippen molar-refractivity contribution in [3.05, 3.63) is 83.1 Å². The van der Waals surface area contributed by atoms with E-state index in [0.717, 1.165) is 22.5 Å². The number of nitrogens with one attached hydrogen (secondary N) is 2. The smallest absolute Gasteiger partial charge is 0.356 e. The minimum Gasteiger partial charge on any atom is -0.448 e. The van der Waals surface area contributed by atoms with Crippen molar-refractivity contribution in [2.24, 2.45) is 5.73 Å². The number of carbonyl (C=O) groups is 4. The zero-order chi connectivity index (χ0) is 29.0. The number of aromatic nitrogens is 2. The summed E-state index contributed by atoms with van der Waals surface area (Å²) in [5.74, 6) is -1.30. The van der Waals surface area contributed by atoms with E-state index < -0.39 is 34.9 Å². The Morgan fingerprint density at radius 2 is 1.83 bits per heavy atom. The van der Waals surface area contributed by atoms with Crippen LogP contribution in [0.2, 0.25) is 0 Å². The van der Waals surface area contributed by atoms with Crippen LogP contribution in [0.25, 0.3) is 0 Å². The normalized spacial score (nSPS) is 19.8. The van der Waals surface area contributed by atoms with Crippen LogP contribution in [-0.4, -0.2) is 67.7 Å². The zero-order valence-electron chi connectivity index (χ0n) is 21.2. The van der Waals surface area contributed by atoms with Crippen LogP contribution in [0.5, 0.6) is 0 Å². The van der Waals surface area contributed by atoms with Crippen LogP contribution >= 0.6 is 46.5 Å². The molecule has 11 nitrogen and oxygen atoms in total. The van der Waals surface area contributed by atoms with Crippen molar-refractivity contribution >= 4 is 75.8 Å². The van der Waals surface area contributed by atoms with E-state index in [1.807, 2.05) is 60.7 Å². The third-order valence-corrected chi connectivity index (χ3v) is 9.97. The Morgan fingerprint density at radius 3 is 2.44 bits per heavy atom. The van der Waals surface area contributed by atoms with Gasteiger partial charge >= 0.3 is 5.97 Å². The van der Waals surface area contributed by atoms with Gasteiger partial charge in [-0.15, -0.1) is 33.6 Å². The predicted molar refractivity (Wildman–Crippen MR) is 157 cm³/mol. The summed E-state index contributed by atoms with van der Waals surface area (Å²) >= 11 is 9.32. The second-order valence-electron chi connectivity index (χ2n) is 8.87. The summed E-state index contributed by atoms with van der Waals surface area (Å²) in [6, 6.07) is 18.6. The summed E-state index contributed by atoms with van der Waals surface area (Å²) in [6.07, 6.45) is -0.359. The molecule has 2 aliphatic heterocycles. The molecule has 1 saturated heterocycles. The van der Waals surface area contributed by atoms with E-state index in [4.69, 9.17) is 22.1 Å². The van der Waals surface area contributed by atoms with Crippen molar-refractivity contribution in [3.8, 4) is 0 Å². The molecule has 3 aromatic rings. The third-order valence-electron chi connectivity index (χ3n) is 6.25. The van der Waals surface area contributed by atoms with Gasteiger partial charge in [0.05, 0.1) is 0 Å². The lowest BCUT2D eigenvalue weighted by Gasteiger charge is -2.55. The van der Waals surface area contributed by atoms with Crippen LogP contribution in [-0.2, 0) is 23.9 Å². The molecule has 0 unspecified atom stereocenters. The Bertz CT molecular complexity index is 1450. The van der Waals surface area contributed by atoms with Gasteiger partial charge in [-0.25, -0.2) is 4.79 Å². The van der Waals surface area contributed by atoms with Gasteiger partial charge in [-0.3, -0.25) is 30.3 Å². The predicted octanol–water partition coefficient (Wildman–Crippen LogP) is 2.71. The number of nitrogens with two attached hydrogens (primary N) is 1. The maximum atomic E-state index is 13.9. The average Bonchev–Trinajstić information content (AvgIpc) is 3.45. The number of anilines is 1. The van der Waals surface area contributed by atoms with E-state index in [1.165, 1.54) is 28.4 Å². The summed E-state index contributed by atoms with van der Waals surface area (Å²) in [7, 11) is 0. The average molecular weight is 631 g/mol. The van der Waals surface area contributed by atoms with Crippen LogP contribution < -0.4 is 16.4 Å². The first-order chi connectivity index (χ1) is 19.9. The summed E-state index contributed by atoms with van der Waals surface area (Å²) in [4.78, 5) is 51.2. The molecule has 212 valence electrons. The number of carbonyl (C=O) groups excluding carboxylic acids is 4. The van der Waals surface area contributed by atoms with Crippen LogP contribution in [0.15, 0.2) is 76.3 Å². The molecule has 1 fully saturated rings. The first-order valence-electron chi connectivity index (χ1n) is 12.2. The van der Waals surface area contributed by atoms with Crippen LogP contribution in [0, 0.1) is 0 Å². The van der Waals surface area contributed by atoms with E-state index in [2.05, 4.69) is 20.8 Å². The number of benzene rings is 2. The Hall–Kier alpha value is -3.43. The number of halogens is 1. The lowest BCUT2D eigenvalue weighted by Crippen LogP contribution is -2.83. The van der Waals surface area contributed by atoms with Gasteiger partial charge < -0.3 is 10.1 Å². The third kappa shape index (κ3) is 5.97. The number of β-lactam (4-membered cyclic amide) rings is 1. The van der Waals surface area contributed by atoms with E-state index >= 15 is 0 Å². The molecular weight excluding hydrogens is 608 g/mol. The summed E-state index contributed by atoms with van der Waals surface area (Å²) in [6.45, 7) is 0. The number of nitrogens with zero attached hydrogens (tertiary/aromatic N) is 3. The first kappa shape index (κ1) is 29.1. The van der Waals surface area contributed by atoms with E-state index in [0.29, 0.717) is 27.2 Å². The van der Waals surface area contributed by atoms with Crippen molar-refractivity contribution < 1.29 is 23.9 Å². The minimum absolute atomic E-state index is 0.0806. The highest BCUT2D eigenvalue weighted by molar-refractivity contribution is 8.02. The molecular formula is C26H23ClN6O5S3. The number of hydrogen-bond acceptors (Lipinski definition) is 11. The van der Waals surface area contributed by atoms with E-state index in [1.54, 1.807) is 0 Å². The van der Waals surface area contributed by atoms with Gasteiger partial charge in [-0.2, -0.15) is 0 Å². The molecule has 0 radical (unpaired) electrons. The van der Waals surface area contributed by atoms with Gasteiger partial charge in [0.25, 0.3) is 5.91 Å². The van der Waals surface area contributed by atoms with Crippen molar-refractivity contribution in [2.75, 3.05) is 22.7 Å². The van der Waals surface area contributed by atoms with Gasteiger partial charge in [-0.1, -0.05) is 83.8 Å². The number of hydrogen-bond donors (Lipinski definition) is 3. The van der Waals surface area contributed by atoms with Gasteiger partial charge in [0.1, 0.15) is 17.0 Å². The number of ether oxygens (including phenoxy) is 1. The van der Waals surface area contributed by atoms with Crippen molar-refractivity contribution in [2.45, 2.75) is 21.5 Å². The summed E-state index contributed by atoms with van der Waals surface area (Å²) in [5.41, 5.74) is 6.82. The van der Waals surface area contributed by atoms with Crippen molar-refractivity contribution in [1.82, 2.24) is 20.4 Å². The van der Waals surface area contributed by atoms with Crippen LogP contribution in [0.1, 0.15) is 17.2 Å². The van der Waals surface area contributed by atoms with E-state index in [-0.39, 0.29) is 17.3 Å². The summed E-state index contributed by atoms with van der Waals surface area (Å²) < 4.78 is 6.65. The highest BCUT2D eigenvalue weighted by Crippen LogP contribution is 2.45. The highest BCUT2D eigenvalue weighted by Gasteiger charge is 2.63. The Balaban J connectivity index is 1.45. The lowest BCUT2D eigenvalue weighted by molar-refractivity contribution is -0.160. The molecule has 1 aromatic heterocycles. The first-order valence-corrected chi connectivity index (χ1v) is 15.5. The number of thioether (sulfide) groups is 2. The molecule has 0 bridgehead atoms. The minimum atomic E-state index is -1.64. The molecule has 2 aromatic carbocycles. The molecule has 3 amide bonds. The molecule has 0 aliphatic carbocycles.